The van der Waals surface area contributed by atoms with E-state index in [9.17, 15) is 22.4 Å². The molecular weight excluding hydrogens is 559 g/mol. The second-order valence-electron chi connectivity index (χ2n) is 10.4. The lowest BCUT2D eigenvalue weighted by Gasteiger charge is -2.26. The molecule has 2 N–H and O–H groups in total. The first kappa shape index (κ1) is 32.1. The number of hydrogen-bond acceptors (Lipinski definition) is 5. The van der Waals surface area contributed by atoms with Gasteiger partial charge >= 0.3 is 6.18 Å². The van der Waals surface area contributed by atoms with Crippen LogP contribution in [0.4, 0.5) is 23.2 Å². The van der Waals surface area contributed by atoms with Crippen LogP contribution in [0.2, 0.25) is 0 Å². The van der Waals surface area contributed by atoms with Gasteiger partial charge in [-0.3, -0.25) is 15.1 Å². The van der Waals surface area contributed by atoms with E-state index in [1.54, 1.807) is 0 Å². The standard InChI is InChI=1S/C25H29F4N4OPS.C4H8/c1-5-6-19-20(10-7-14(2)3)35-22(13-30-19)32-15(4)17-11-16(8-9-18(17)26)33-23(34)21-12-31-24(36-21)25(27,28)29;1-4-2-3-4/h6,8-15,22,32,35H,5,7H2,1-4H3,(H,33,34);4H,2-3H2,1H3/b19-6+,20-10-;. The third-order valence-electron chi connectivity index (χ3n) is 6.13. The fraction of sp³-hybridized carbons (Fsp3) is 0.483. The van der Waals surface area contributed by atoms with E-state index in [0.29, 0.717) is 20.1 Å². The smallest absolute Gasteiger partial charge is 0.321 e. The van der Waals surface area contributed by atoms with Crippen LogP contribution in [0.15, 0.2) is 52.6 Å². The molecule has 4 rings (SSSR count). The maximum Gasteiger partial charge on any atom is 0.443 e. The first-order chi connectivity index (χ1) is 18.9. The van der Waals surface area contributed by atoms with E-state index >= 15 is 0 Å². The summed E-state index contributed by atoms with van der Waals surface area (Å²) in [5, 5.41) is 6.01. The normalized spacial score (nSPS) is 20.6. The van der Waals surface area contributed by atoms with E-state index in [1.807, 2.05) is 13.1 Å². The number of hydrogen-bond donors (Lipinski definition) is 2. The number of thiazole rings is 1. The molecule has 11 heteroatoms. The monoisotopic (exact) mass is 596 g/mol. The van der Waals surface area contributed by atoms with Crippen molar-refractivity contribution >= 4 is 37.7 Å². The van der Waals surface area contributed by atoms with Gasteiger partial charge in [-0.05, 0) is 55.1 Å². The van der Waals surface area contributed by atoms with Crippen molar-refractivity contribution in [2.75, 3.05) is 5.32 Å². The molecular formula is C29H37F4N4OPS. The fourth-order valence-electron chi connectivity index (χ4n) is 3.64. The summed E-state index contributed by atoms with van der Waals surface area (Å²) >= 11 is 0.255. The highest BCUT2D eigenvalue weighted by molar-refractivity contribution is 7.45. The van der Waals surface area contributed by atoms with E-state index in [0.717, 1.165) is 30.7 Å². The first-order valence-corrected chi connectivity index (χ1v) is 15.4. The zero-order valence-corrected chi connectivity index (χ0v) is 25.2. The highest BCUT2D eigenvalue weighted by atomic mass is 32.1. The number of anilines is 1. The third kappa shape index (κ3) is 9.89. The molecule has 1 aromatic carbocycles. The van der Waals surface area contributed by atoms with E-state index in [4.69, 9.17) is 0 Å². The first-order valence-electron chi connectivity index (χ1n) is 13.5. The van der Waals surface area contributed by atoms with Gasteiger partial charge < -0.3 is 5.32 Å². The van der Waals surface area contributed by atoms with Crippen molar-refractivity contribution in [1.29, 1.82) is 0 Å². The molecule has 3 atom stereocenters. The molecule has 0 bridgehead atoms. The number of carbonyl (C=O) groups is 1. The summed E-state index contributed by atoms with van der Waals surface area (Å²) in [6.45, 7) is 10.5. The zero-order chi connectivity index (χ0) is 29.4. The predicted molar refractivity (Wildman–Crippen MR) is 158 cm³/mol. The number of allylic oxidation sites excluding steroid dienone is 3. The average molecular weight is 597 g/mol. The van der Waals surface area contributed by atoms with Gasteiger partial charge in [0.1, 0.15) is 10.7 Å². The van der Waals surface area contributed by atoms with Gasteiger partial charge in [0.15, 0.2) is 5.01 Å². The molecule has 40 heavy (non-hydrogen) atoms. The van der Waals surface area contributed by atoms with Gasteiger partial charge in [0, 0.05) is 23.5 Å². The Kier molecular flexibility index (Phi) is 11.6. The van der Waals surface area contributed by atoms with Crippen LogP contribution in [0.5, 0.6) is 0 Å². The molecule has 1 saturated carbocycles. The van der Waals surface area contributed by atoms with E-state index in [-0.39, 0.29) is 27.7 Å². The number of amides is 1. The fourth-order valence-corrected chi connectivity index (χ4v) is 5.69. The molecule has 0 saturated heterocycles. The molecule has 5 nitrogen and oxygen atoms in total. The van der Waals surface area contributed by atoms with Crippen molar-refractivity contribution < 1.29 is 22.4 Å². The summed E-state index contributed by atoms with van der Waals surface area (Å²) < 4.78 is 53.0. The molecule has 0 spiro atoms. The number of halogens is 4. The van der Waals surface area contributed by atoms with Gasteiger partial charge in [-0.15, -0.1) is 11.3 Å². The number of aliphatic imine (C=N–C) groups is 1. The molecule has 1 amide bonds. The van der Waals surface area contributed by atoms with Crippen LogP contribution >= 0.6 is 19.9 Å². The third-order valence-corrected chi connectivity index (χ3v) is 8.57. The summed E-state index contributed by atoms with van der Waals surface area (Å²) in [6.07, 6.45) is 7.23. The van der Waals surface area contributed by atoms with Crippen molar-refractivity contribution in [3.05, 3.63) is 68.8 Å². The molecule has 3 unspecified atom stereocenters. The number of aromatic nitrogens is 1. The number of rotatable bonds is 8. The Morgan fingerprint density at radius 2 is 1.93 bits per heavy atom. The number of carbonyl (C=O) groups excluding carboxylic acids is 1. The minimum atomic E-state index is -4.62. The molecule has 218 valence electrons. The van der Waals surface area contributed by atoms with Gasteiger partial charge in [-0.1, -0.05) is 61.3 Å². The Bertz CT molecular complexity index is 1250. The molecule has 0 radical (unpaired) electrons. The van der Waals surface area contributed by atoms with Crippen LogP contribution in [-0.4, -0.2) is 22.9 Å². The lowest BCUT2D eigenvalue weighted by atomic mass is 10.1. The van der Waals surface area contributed by atoms with Crippen molar-refractivity contribution in [3.8, 4) is 0 Å². The highest BCUT2D eigenvalue weighted by Crippen LogP contribution is 2.39. The number of benzene rings is 1. The summed E-state index contributed by atoms with van der Waals surface area (Å²) in [5.41, 5.74) is 1.58. The maximum atomic E-state index is 14.7. The van der Waals surface area contributed by atoms with Gasteiger partial charge in [-0.2, -0.15) is 13.2 Å². The largest absolute Gasteiger partial charge is 0.443 e. The molecule has 1 fully saturated rings. The van der Waals surface area contributed by atoms with Crippen LogP contribution in [0, 0.1) is 17.7 Å². The minimum Gasteiger partial charge on any atom is -0.321 e. The SMILES string of the molecule is CC/C=C1/N=CC(NC(C)c2cc(NC(=O)c3cnc(C(F)(F)F)s3)ccc2F)P/C1=C\CC(C)C.CC1CC1. The van der Waals surface area contributed by atoms with Crippen LogP contribution in [0.25, 0.3) is 0 Å². The average Bonchev–Trinajstić information content (AvgIpc) is 3.49. The summed E-state index contributed by atoms with van der Waals surface area (Å²) in [4.78, 5) is 20.1. The molecule has 2 aromatic rings. The van der Waals surface area contributed by atoms with Gasteiger partial charge in [0.25, 0.3) is 5.91 Å². The zero-order valence-electron chi connectivity index (χ0n) is 23.4. The Balaban J connectivity index is 0.00000101. The Morgan fingerprint density at radius 3 is 2.50 bits per heavy atom. The number of alkyl halides is 3. The van der Waals surface area contributed by atoms with Gasteiger partial charge in [0.2, 0.25) is 0 Å². The van der Waals surface area contributed by atoms with Gasteiger partial charge in [-0.25, -0.2) is 9.37 Å². The lowest BCUT2D eigenvalue weighted by Crippen LogP contribution is -2.31. The Labute approximate surface area is 239 Å². The predicted octanol–water partition coefficient (Wildman–Crippen LogP) is 8.93. The maximum absolute atomic E-state index is 14.7. The minimum absolute atomic E-state index is 0.0805. The molecule has 2 heterocycles. The lowest BCUT2D eigenvalue weighted by molar-refractivity contribution is -0.137. The quantitative estimate of drug-likeness (QED) is 0.236. The van der Waals surface area contributed by atoms with E-state index < -0.39 is 29.0 Å². The van der Waals surface area contributed by atoms with Gasteiger partial charge in [0.05, 0.1) is 17.7 Å². The molecule has 1 aromatic heterocycles. The second-order valence-corrected chi connectivity index (χ2v) is 12.9. The molecule has 2 aliphatic rings. The van der Waals surface area contributed by atoms with E-state index in [1.165, 1.54) is 36.4 Å². The summed E-state index contributed by atoms with van der Waals surface area (Å²) in [7, 11) is 0.423. The van der Waals surface area contributed by atoms with Crippen molar-refractivity contribution in [2.45, 2.75) is 78.3 Å². The summed E-state index contributed by atoms with van der Waals surface area (Å²) in [5.74, 6) is 0.335. The Hall–Kier alpha value is -2.42. The second kappa shape index (κ2) is 14.5. The van der Waals surface area contributed by atoms with Crippen LogP contribution in [0.3, 0.4) is 0 Å². The van der Waals surface area contributed by atoms with Crippen LogP contribution in [0.1, 0.15) is 86.6 Å². The van der Waals surface area contributed by atoms with Crippen LogP contribution in [-0.2, 0) is 6.18 Å². The summed E-state index contributed by atoms with van der Waals surface area (Å²) in [6, 6.07) is 3.67. The van der Waals surface area contributed by atoms with Crippen LogP contribution < -0.4 is 10.6 Å². The van der Waals surface area contributed by atoms with E-state index in [2.05, 4.69) is 60.5 Å². The number of nitrogens with one attached hydrogen (secondary N) is 2. The van der Waals surface area contributed by atoms with Crippen molar-refractivity contribution in [3.63, 3.8) is 0 Å². The van der Waals surface area contributed by atoms with Crippen molar-refractivity contribution in [2.24, 2.45) is 16.8 Å². The highest BCUT2D eigenvalue weighted by Gasteiger charge is 2.35. The van der Waals surface area contributed by atoms with Crippen molar-refractivity contribution in [1.82, 2.24) is 10.3 Å². The Morgan fingerprint density at radius 1 is 1.23 bits per heavy atom. The molecule has 1 aliphatic carbocycles. The number of nitrogens with zero attached hydrogens (tertiary/aromatic N) is 2. The molecule has 1 aliphatic heterocycles. The topological polar surface area (TPSA) is 66.4 Å².